The van der Waals surface area contributed by atoms with Crippen LogP contribution in [0.2, 0.25) is 5.02 Å². The van der Waals surface area contributed by atoms with E-state index in [0.29, 0.717) is 16.4 Å². The Morgan fingerprint density at radius 2 is 2.20 bits per heavy atom. The molecule has 0 radical (unpaired) electrons. The first kappa shape index (κ1) is 10.2. The molecular formula is C9H11ClN4O. The fourth-order valence-corrected chi connectivity index (χ4v) is 1.71. The predicted molar refractivity (Wildman–Crippen MR) is 55.5 cm³/mol. The highest BCUT2D eigenvalue weighted by Crippen LogP contribution is 2.26. The Hall–Kier alpha value is -1.33. The summed E-state index contributed by atoms with van der Waals surface area (Å²) in [6.07, 6.45) is 4.03. The maximum Gasteiger partial charge on any atom is 0.140 e. The van der Waals surface area contributed by atoms with Crippen molar-refractivity contribution >= 4 is 11.6 Å². The Bertz CT molecular complexity index is 457. The number of imidazole rings is 1. The minimum atomic E-state index is -0.841. The lowest BCUT2D eigenvalue weighted by atomic mass is 10.2. The normalized spacial score (nSPS) is 13.1. The summed E-state index contributed by atoms with van der Waals surface area (Å²) >= 11 is 5.92. The summed E-state index contributed by atoms with van der Waals surface area (Å²) < 4.78 is 3.31. The molecule has 0 fully saturated rings. The van der Waals surface area contributed by atoms with E-state index in [2.05, 4.69) is 10.1 Å². The van der Waals surface area contributed by atoms with E-state index in [0.717, 1.165) is 0 Å². The Morgan fingerprint density at radius 1 is 1.47 bits per heavy atom. The molecule has 5 nitrogen and oxygen atoms in total. The van der Waals surface area contributed by atoms with Crippen LogP contribution in [-0.4, -0.2) is 24.4 Å². The van der Waals surface area contributed by atoms with Crippen LogP contribution in [0.25, 0.3) is 0 Å². The van der Waals surface area contributed by atoms with E-state index in [-0.39, 0.29) is 0 Å². The lowest BCUT2D eigenvalue weighted by molar-refractivity contribution is 0.205. The van der Waals surface area contributed by atoms with Gasteiger partial charge in [-0.2, -0.15) is 5.10 Å². The first-order valence-electron chi connectivity index (χ1n) is 4.43. The van der Waals surface area contributed by atoms with Gasteiger partial charge in [-0.15, -0.1) is 0 Å². The molecule has 0 saturated carbocycles. The molecule has 15 heavy (non-hydrogen) atoms. The van der Waals surface area contributed by atoms with Gasteiger partial charge in [0.25, 0.3) is 0 Å². The standard InChI is InChI=1S/C9H11ClN4O/c1-13-4-7(11-5-13)9(15)8-6(10)3-12-14(8)2/h3-5,9,15H,1-2H3. The Balaban J connectivity index is 2.40. The largest absolute Gasteiger partial charge is 0.380 e. The molecule has 0 aliphatic rings. The zero-order valence-electron chi connectivity index (χ0n) is 8.42. The van der Waals surface area contributed by atoms with Crippen LogP contribution in [0.3, 0.4) is 0 Å². The zero-order valence-corrected chi connectivity index (χ0v) is 9.18. The summed E-state index contributed by atoms with van der Waals surface area (Å²) in [5, 5.41) is 14.4. The summed E-state index contributed by atoms with van der Waals surface area (Å²) in [6.45, 7) is 0. The summed E-state index contributed by atoms with van der Waals surface area (Å²) in [6, 6.07) is 0. The average Bonchev–Trinajstić information content (AvgIpc) is 2.73. The number of aliphatic hydroxyl groups excluding tert-OH is 1. The monoisotopic (exact) mass is 226 g/mol. The van der Waals surface area contributed by atoms with Crippen LogP contribution in [0.15, 0.2) is 18.7 Å². The molecule has 0 spiro atoms. The van der Waals surface area contributed by atoms with Gasteiger partial charge in [-0.1, -0.05) is 11.6 Å². The second-order valence-corrected chi connectivity index (χ2v) is 3.78. The molecule has 1 unspecified atom stereocenters. The van der Waals surface area contributed by atoms with E-state index in [1.807, 2.05) is 7.05 Å². The summed E-state index contributed by atoms with van der Waals surface area (Å²) in [7, 11) is 3.57. The molecule has 0 saturated heterocycles. The third-order valence-electron chi connectivity index (χ3n) is 2.20. The van der Waals surface area contributed by atoms with Gasteiger partial charge in [-0.25, -0.2) is 4.98 Å². The molecule has 2 aromatic rings. The van der Waals surface area contributed by atoms with Crippen LogP contribution in [0.1, 0.15) is 17.5 Å². The topological polar surface area (TPSA) is 55.9 Å². The van der Waals surface area contributed by atoms with Crippen molar-refractivity contribution in [2.45, 2.75) is 6.10 Å². The molecule has 0 amide bonds. The van der Waals surface area contributed by atoms with E-state index in [9.17, 15) is 5.11 Å². The van der Waals surface area contributed by atoms with Crippen molar-refractivity contribution in [1.82, 2.24) is 19.3 Å². The predicted octanol–water partition coefficient (Wildman–Crippen LogP) is 0.889. The zero-order chi connectivity index (χ0) is 11.0. The van der Waals surface area contributed by atoms with Gasteiger partial charge in [-0.3, -0.25) is 4.68 Å². The van der Waals surface area contributed by atoms with E-state index in [1.165, 1.54) is 6.20 Å². The molecule has 0 aromatic carbocycles. The number of hydrogen-bond donors (Lipinski definition) is 1. The summed E-state index contributed by atoms with van der Waals surface area (Å²) in [4.78, 5) is 4.07. The Kier molecular flexibility index (Phi) is 2.50. The number of aryl methyl sites for hydroxylation is 2. The molecule has 0 aliphatic carbocycles. The molecule has 0 bridgehead atoms. The molecule has 6 heteroatoms. The summed E-state index contributed by atoms with van der Waals surface area (Å²) in [5.41, 5.74) is 1.11. The van der Waals surface area contributed by atoms with Crippen LogP contribution in [-0.2, 0) is 14.1 Å². The van der Waals surface area contributed by atoms with E-state index < -0.39 is 6.10 Å². The first-order chi connectivity index (χ1) is 7.09. The second-order valence-electron chi connectivity index (χ2n) is 3.37. The number of hydrogen-bond acceptors (Lipinski definition) is 3. The van der Waals surface area contributed by atoms with E-state index in [4.69, 9.17) is 11.6 Å². The Morgan fingerprint density at radius 3 is 2.67 bits per heavy atom. The molecule has 2 aromatic heterocycles. The minimum Gasteiger partial charge on any atom is -0.380 e. The van der Waals surface area contributed by atoms with Gasteiger partial charge in [0, 0.05) is 20.3 Å². The maximum atomic E-state index is 10.0. The number of aromatic nitrogens is 4. The molecule has 1 N–H and O–H groups in total. The van der Waals surface area contributed by atoms with Crippen molar-refractivity contribution in [2.75, 3.05) is 0 Å². The highest BCUT2D eigenvalue weighted by atomic mass is 35.5. The van der Waals surface area contributed by atoms with Gasteiger partial charge < -0.3 is 9.67 Å². The van der Waals surface area contributed by atoms with Crippen LogP contribution < -0.4 is 0 Å². The van der Waals surface area contributed by atoms with Gasteiger partial charge in [0.2, 0.25) is 0 Å². The molecule has 80 valence electrons. The second kappa shape index (κ2) is 3.67. The molecule has 2 heterocycles. The quantitative estimate of drug-likeness (QED) is 0.828. The van der Waals surface area contributed by atoms with Crippen LogP contribution in [0.4, 0.5) is 0 Å². The van der Waals surface area contributed by atoms with Gasteiger partial charge >= 0.3 is 0 Å². The van der Waals surface area contributed by atoms with Gasteiger partial charge in [0.05, 0.1) is 28.9 Å². The van der Waals surface area contributed by atoms with Crippen LogP contribution in [0.5, 0.6) is 0 Å². The molecule has 1 atom stereocenters. The third-order valence-corrected chi connectivity index (χ3v) is 2.49. The number of halogens is 1. The smallest absolute Gasteiger partial charge is 0.140 e. The molecule has 0 aliphatic heterocycles. The van der Waals surface area contributed by atoms with Crippen molar-refractivity contribution in [2.24, 2.45) is 14.1 Å². The molecule has 2 rings (SSSR count). The summed E-state index contributed by atoms with van der Waals surface area (Å²) in [5.74, 6) is 0. The minimum absolute atomic E-state index is 0.440. The Labute approximate surface area is 91.9 Å². The SMILES string of the molecule is Cn1cnc(C(O)c2c(Cl)cnn2C)c1. The first-order valence-corrected chi connectivity index (χ1v) is 4.80. The van der Waals surface area contributed by atoms with Crippen LogP contribution in [0, 0.1) is 0 Å². The van der Waals surface area contributed by atoms with E-state index in [1.54, 1.807) is 28.8 Å². The number of aliphatic hydroxyl groups is 1. The van der Waals surface area contributed by atoms with E-state index >= 15 is 0 Å². The lowest BCUT2D eigenvalue weighted by Gasteiger charge is -2.08. The fraction of sp³-hybridized carbons (Fsp3) is 0.333. The van der Waals surface area contributed by atoms with Gasteiger partial charge in [0.15, 0.2) is 0 Å². The maximum absolute atomic E-state index is 10.0. The van der Waals surface area contributed by atoms with Crippen LogP contribution >= 0.6 is 11.6 Å². The van der Waals surface area contributed by atoms with Crippen molar-refractivity contribution < 1.29 is 5.11 Å². The average molecular weight is 227 g/mol. The highest BCUT2D eigenvalue weighted by Gasteiger charge is 2.20. The van der Waals surface area contributed by atoms with Crippen molar-refractivity contribution in [3.05, 3.63) is 35.1 Å². The number of nitrogens with zero attached hydrogens (tertiary/aromatic N) is 4. The fourth-order valence-electron chi connectivity index (χ4n) is 1.44. The number of rotatable bonds is 2. The van der Waals surface area contributed by atoms with Gasteiger partial charge in [-0.05, 0) is 0 Å². The van der Waals surface area contributed by atoms with Gasteiger partial charge in [0.1, 0.15) is 6.10 Å². The van der Waals surface area contributed by atoms with Crippen molar-refractivity contribution in [1.29, 1.82) is 0 Å². The third kappa shape index (κ3) is 1.75. The van der Waals surface area contributed by atoms with Crippen molar-refractivity contribution in [3.8, 4) is 0 Å². The highest BCUT2D eigenvalue weighted by molar-refractivity contribution is 6.31. The molecular weight excluding hydrogens is 216 g/mol. The van der Waals surface area contributed by atoms with Crippen molar-refractivity contribution in [3.63, 3.8) is 0 Å². The lowest BCUT2D eigenvalue weighted by Crippen LogP contribution is -2.07.